The zero-order valence-corrected chi connectivity index (χ0v) is 9.34. The van der Waals surface area contributed by atoms with Crippen molar-refractivity contribution < 1.29 is 32.2 Å². The van der Waals surface area contributed by atoms with Gasteiger partial charge in [0.15, 0.2) is 29.4 Å². The predicted octanol–water partition coefficient (Wildman–Crippen LogP) is 2.62. The minimum Gasteiger partial charge on any atom is -0.479 e. The zero-order valence-electron chi connectivity index (χ0n) is 9.34. The molecule has 0 aliphatic rings. The minimum absolute atomic E-state index is 0.100. The van der Waals surface area contributed by atoms with Crippen LogP contribution in [0.25, 0.3) is 0 Å². The van der Waals surface area contributed by atoms with Crippen LogP contribution in [0.4, 0.5) is 17.6 Å². The van der Waals surface area contributed by atoms with Gasteiger partial charge < -0.3 is 9.84 Å². The van der Waals surface area contributed by atoms with Crippen molar-refractivity contribution in [3.63, 3.8) is 0 Å². The van der Waals surface area contributed by atoms with E-state index in [0.717, 1.165) is 0 Å². The highest BCUT2D eigenvalue weighted by Gasteiger charge is 2.21. The number of aliphatic carboxylic acids is 1. The fourth-order valence-electron chi connectivity index (χ4n) is 1.28. The van der Waals surface area contributed by atoms with Crippen molar-refractivity contribution in [2.45, 2.75) is 26.1 Å². The molecule has 0 saturated heterocycles. The molecule has 0 aliphatic carbocycles. The van der Waals surface area contributed by atoms with Crippen LogP contribution in [0.1, 0.15) is 18.9 Å². The second-order valence-electron chi connectivity index (χ2n) is 3.51. The van der Waals surface area contributed by atoms with Crippen LogP contribution in [0, 0.1) is 23.3 Å². The van der Waals surface area contributed by atoms with E-state index in [1.54, 1.807) is 0 Å². The van der Waals surface area contributed by atoms with Crippen molar-refractivity contribution in [1.29, 1.82) is 0 Å². The van der Waals surface area contributed by atoms with Crippen molar-refractivity contribution in [3.05, 3.63) is 34.9 Å². The Morgan fingerprint density at radius 1 is 1.28 bits per heavy atom. The van der Waals surface area contributed by atoms with Crippen molar-refractivity contribution in [2.24, 2.45) is 0 Å². The average molecular weight is 266 g/mol. The lowest BCUT2D eigenvalue weighted by atomic mass is 10.2. The van der Waals surface area contributed by atoms with Gasteiger partial charge in [0.25, 0.3) is 0 Å². The van der Waals surface area contributed by atoms with E-state index in [-0.39, 0.29) is 6.42 Å². The van der Waals surface area contributed by atoms with Gasteiger partial charge in [0.2, 0.25) is 0 Å². The lowest BCUT2D eigenvalue weighted by Crippen LogP contribution is -2.23. The number of ether oxygens (including phenoxy) is 1. The Morgan fingerprint density at radius 3 is 2.39 bits per heavy atom. The molecule has 1 N–H and O–H groups in total. The molecule has 1 aromatic rings. The number of halogens is 4. The molecule has 0 spiro atoms. The summed E-state index contributed by atoms with van der Waals surface area (Å²) in [6, 6.07) is 0.433. The monoisotopic (exact) mass is 266 g/mol. The lowest BCUT2D eigenvalue weighted by molar-refractivity contribution is -0.151. The summed E-state index contributed by atoms with van der Waals surface area (Å²) in [7, 11) is 0. The largest absolute Gasteiger partial charge is 0.479 e. The SMILES string of the molecule is CCC(OCc1cc(F)c(F)c(F)c1F)C(=O)O. The summed E-state index contributed by atoms with van der Waals surface area (Å²) in [5.74, 6) is -8.29. The lowest BCUT2D eigenvalue weighted by Gasteiger charge is -2.12. The predicted molar refractivity (Wildman–Crippen MR) is 52.8 cm³/mol. The van der Waals surface area contributed by atoms with Gasteiger partial charge in [0.1, 0.15) is 0 Å². The van der Waals surface area contributed by atoms with Crippen molar-refractivity contribution in [2.75, 3.05) is 0 Å². The maximum atomic E-state index is 13.2. The maximum absolute atomic E-state index is 13.2. The molecular weight excluding hydrogens is 256 g/mol. The molecular formula is C11H10F4O3. The third-order valence-corrected chi connectivity index (χ3v) is 2.26. The van der Waals surface area contributed by atoms with E-state index in [1.165, 1.54) is 6.92 Å². The fourth-order valence-corrected chi connectivity index (χ4v) is 1.28. The van der Waals surface area contributed by atoms with Gasteiger partial charge in [-0.2, -0.15) is 0 Å². The molecule has 0 bridgehead atoms. The van der Waals surface area contributed by atoms with E-state index < -0.39 is 47.5 Å². The molecule has 0 aliphatic heterocycles. The van der Waals surface area contributed by atoms with Crippen molar-refractivity contribution in [3.8, 4) is 0 Å². The zero-order chi connectivity index (χ0) is 13.9. The highest BCUT2D eigenvalue weighted by molar-refractivity contribution is 5.72. The number of carboxylic acids is 1. The highest BCUT2D eigenvalue weighted by Crippen LogP contribution is 2.20. The van der Waals surface area contributed by atoms with E-state index in [4.69, 9.17) is 9.84 Å². The number of benzene rings is 1. The quantitative estimate of drug-likeness (QED) is 0.506. The summed E-state index contributed by atoms with van der Waals surface area (Å²) >= 11 is 0. The normalized spacial score (nSPS) is 12.5. The smallest absolute Gasteiger partial charge is 0.332 e. The Labute approximate surface area is 100.0 Å². The van der Waals surface area contributed by atoms with Crippen molar-refractivity contribution in [1.82, 2.24) is 0 Å². The molecule has 0 heterocycles. The summed E-state index contributed by atoms with van der Waals surface area (Å²) in [5, 5.41) is 8.65. The first-order valence-electron chi connectivity index (χ1n) is 5.04. The van der Waals surface area contributed by atoms with Gasteiger partial charge >= 0.3 is 5.97 Å². The summed E-state index contributed by atoms with van der Waals surface area (Å²) in [6.07, 6.45) is -1.12. The van der Waals surface area contributed by atoms with Crippen LogP contribution in [0.5, 0.6) is 0 Å². The first-order valence-corrected chi connectivity index (χ1v) is 5.04. The van der Waals surface area contributed by atoms with Crippen LogP contribution >= 0.6 is 0 Å². The summed E-state index contributed by atoms with van der Waals surface area (Å²) in [6.45, 7) is 0.853. The molecule has 0 amide bonds. The van der Waals surface area contributed by atoms with E-state index in [9.17, 15) is 22.4 Å². The third kappa shape index (κ3) is 2.98. The fraction of sp³-hybridized carbons (Fsp3) is 0.364. The topological polar surface area (TPSA) is 46.5 Å². The molecule has 1 aromatic carbocycles. The molecule has 100 valence electrons. The van der Waals surface area contributed by atoms with Gasteiger partial charge in [-0.05, 0) is 12.5 Å². The van der Waals surface area contributed by atoms with Crippen LogP contribution in [0.15, 0.2) is 6.07 Å². The number of rotatable bonds is 5. The van der Waals surface area contributed by atoms with Crippen LogP contribution in [-0.2, 0) is 16.1 Å². The van der Waals surface area contributed by atoms with E-state index in [0.29, 0.717) is 6.07 Å². The summed E-state index contributed by atoms with van der Waals surface area (Å²) in [4.78, 5) is 10.6. The Balaban J connectivity index is 2.89. The number of hydrogen-bond donors (Lipinski definition) is 1. The Kier molecular flexibility index (Phi) is 4.66. The third-order valence-electron chi connectivity index (χ3n) is 2.26. The minimum atomic E-state index is -1.95. The van der Waals surface area contributed by atoms with Crippen molar-refractivity contribution >= 4 is 5.97 Å². The van der Waals surface area contributed by atoms with Crippen LogP contribution in [0.2, 0.25) is 0 Å². The molecule has 1 rings (SSSR count). The molecule has 1 atom stereocenters. The first kappa shape index (κ1) is 14.4. The second-order valence-corrected chi connectivity index (χ2v) is 3.51. The molecule has 0 radical (unpaired) electrons. The van der Waals surface area contributed by atoms with E-state index >= 15 is 0 Å². The molecule has 3 nitrogen and oxygen atoms in total. The molecule has 18 heavy (non-hydrogen) atoms. The van der Waals surface area contributed by atoms with Gasteiger partial charge in [-0.15, -0.1) is 0 Å². The van der Waals surface area contributed by atoms with E-state index in [1.807, 2.05) is 0 Å². The number of hydrogen-bond acceptors (Lipinski definition) is 2. The number of carbonyl (C=O) groups is 1. The molecule has 7 heteroatoms. The molecule has 1 unspecified atom stereocenters. The highest BCUT2D eigenvalue weighted by atomic mass is 19.2. The Morgan fingerprint density at radius 2 is 1.89 bits per heavy atom. The van der Waals surface area contributed by atoms with Crippen LogP contribution in [-0.4, -0.2) is 17.2 Å². The average Bonchev–Trinajstić information content (AvgIpc) is 2.33. The maximum Gasteiger partial charge on any atom is 0.332 e. The second kappa shape index (κ2) is 5.81. The summed E-state index contributed by atoms with van der Waals surface area (Å²) < 4.78 is 56.3. The number of carboxylic acid groups (broad SMARTS) is 1. The summed E-state index contributed by atoms with van der Waals surface area (Å²) in [5.41, 5.74) is -0.578. The van der Waals surface area contributed by atoms with Gasteiger partial charge in [-0.25, -0.2) is 22.4 Å². The first-order chi connectivity index (χ1) is 8.38. The standard InChI is InChI=1S/C11H10F4O3/c1-2-7(11(16)17)18-4-5-3-6(12)9(14)10(15)8(5)13/h3,7H,2,4H2,1H3,(H,16,17). The molecule has 0 saturated carbocycles. The van der Waals surface area contributed by atoms with Gasteiger partial charge in [0.05, 0.1) is 6.61 Å². The molecule has 0 fully saturated rings. The van der Waals surface area contributed by atoms with Gasteiger partial charge in [0, 0.05) is 5.56 Å². The van der Waals surface area contributed by atoms with Crippen LogP contribution < -0.4 is 0 Å². The van der Waals surface area contributed by atoms with Crippen LogP contribution in [0.3, 0.4) is 0 Å². The van der Waals surface area contributed by atoms with Gasteiger partial charge in [-0.3, -0.25) is 0 Å². The van der Waals surface area contributed by atoms with Gasteiger partial charge in [-0.1, -0.05) is 6.92 Å². The Bertz CT molecular complexity index is 462. The van der Waals surface area contributed by atoms with E-state index in [2.05, 4.69) is 0 Å². The Hall–Kier alpha value is -1.63. The molecule has 0 aromatic heterocycles.